The van der Waals surface area contributed by atoms with Gasteiger partial charge in [-0.15, -0.1) is 0 Å². The molecule has 0 saturated heterocycles. The van der Waals surface area contributed by atoms with E-state index >= 15 is 0 Å². The Bertz CT molecular complexity index is 807. The Balaban J connectivity index is 0.00000233. The molecule has 2 atom stereocenters. The van der Waals surface area contributed by atoms with Crippen molar-refractivity contribution < 1.29 is 14.3 Å². The first kappa shape index (κ1) is 26.3. The van der Waals surface area contributed by atoms with E-state index in [1.807, 2.05) is 50.2 Å². The lowest BCUT2D eigenvalue weighted by molar-refractivity contribution is -0.125. The van der Waals surface area contributed by atoms with Crippen LogP contribution in [0.4, 0.5) is 4.39 Å². The molecule has 0 bridgehead atoms. The number of nitrogens with zero attached hydrogens (tertiary/aromatic N) is 2. The van der Waals surface area contributed by atoms with Crippen molar-refractivity contribution in [2.45, 2.75) is 46.4 Å². The first-order chi connectivity index (χ1) is 14.8. The number of hydrogen-bond donors (Lipinski definition) is 3. The third-order valence-electron chi connectivity index (χ3n) is 4.57. The molecule has 0 heterocycles. The number of hydrogen-bond acceptors (Lipinski definition) is 4. The highest BCUT2D eigenvalue weighted by Crippen LogP contribution is 2.24. The first-order valence-electron chi connectivity index (χ1n) is 10.5. The van der Waals surface area contributed by atoms with Gasteiger partial charge in [-0.05, 0) is 22.3 Å². The van der Waals surface area contributed by atoms with Crippen LogP contribution in [0.15, 0.2) is 53.5 Å². The molecule has 0 radical (unpaired) electrons. The lowest BCUT2D eigenvalue weighted by Gasteiger charge is -2.23. The van der Waals surface area contributed by atoms with Crippen LogP contribution in [0, 0.1) is 5.92 Å². The van der Waals surface area contributed by atoms with Gasteiger partial charge < -0.3 is 10.4 Å². The fourth-order valence-corrected chi connectivity index (χ4v) is 2.86. The van der Waals surface area contributed by atoms with E-state index in [0.29, 0.717) is 12.1 Å². The number of aliphatic hydroxyl groups is 1. The first-order valence-corrected chi connectivity index (χ1v) is 10.5. The van der Waals surface area contributed by atoms with Crippen LogP contribution in [-0.4, -0.2) is 42.1 Å². The maximum atomic E-state index is 13.3. The Morgan fingerprint density at radius 1 is 1.13 bits per heavy atom. The van der Waals surface area contributed by atoms with E-state index in [0.717, 1.165) is 16.7 Å². The van der Waals surface area contributed by atoms with Gasteiger partial charge in [-0.25, -0.2) is 10.2 Å². The maximum absolute atomic E-state index is 13.3. The van der Waals surface area contributed by atoms with E-state index in [1.165, 1.54) is 5.01 Å². The molecule has 0 aliphatic heterocycles. The molecule has 0 fully saturated rings. The molecule has 1 amide bonds. The van der Waals surface area contributed by atoms with Crippen molar-refractivity contribution in [3.63, 3.8) is 0 Å². The van der Waals surface area contributed by atoms with Gasteiger partial charge >= 0.3 is 0 Å². The average molecular weight is 431 g/mol. The largest absolute Gasteiger partial charge is 0.386 e. The summed E-state index contributed by atoms with van der Waals surface area (Å²) < 4.78 is 13.3. The minimum Gasteiger partial charge on any atom is -0.386 e. The molecule has 2 aromatic rings. The van der Waals surface area contributed by atoms with Crippen molar-refractivity contribution in [1.82, 2.24) is 10.3 Å². The number of halogens is 1. The van der Waals surface area contributed by atoms with E-state index in [2.05, 4.69) is 10.3 Å². The number of nitrogens with one attached hydrogen (secondary N) is 1. The van der Waals surface area contributed by atoms with Crippen LogP contribution in [-0.2, 0) is 11.3 Å². The third-order valence-corrected chi connectivity index (χ3v) is 4.57. The highest BCUT2D eigenvalue weighted by Gasteiger charge is 2.23. The quantitative estimate of drug-likeness (QED) is 0.244. The lowest BCUT2D eigenvalue weighted by Crippen LogP contribution is -2.42. The normalized spacial score (nSPS) is 12.8. The van der Waals surface area contributed by atoms with Gasteiger partial charge in [-0.1, -0.05) is 76.2 Å². The molecule has 2 aromatic carbocycles. The summed E-state index contributed by atoms with van der Waals surface area (Å²) in [4.78, 5) is 15.7. The molecule has 2 unspecified atom stereocenters. The number of rotatable bonds is 9. The minimum atomic E-state index is -1.12. The molecule has 0 aromatic heterocycles. The van der Waals surface area contributed by atoms with Gasteiger partial charge in [-0.3, -0.25) is 14.8 Å². The van der Waals surface area contributed by atoms with Gasteiger partial charge in [0.2, 0.25) is 5.91 Å². The number of aliphatic hydroxyl groups excluding tert-OH is 1. The summed E-state index contributed by atoms with van der Waals surface area (Å²) in [5.74, 6) is 5.24. The Morgan fingerprint density at radius 3 is 2.10 bits per heavy atom. The number of alkyl halides is 1. The predicted molar refractivity (Wildman–Crippen MR) is 125 cm³/mol. The van der Waals surface area contributed by atoms with Crippen molar-refractivity contribution in [3.05, 3.63) is 59.7 Å². The fourth-order valence-electron chi connectivity index (χ4n) is 2.86. The summed E-state index contributed by atoms with van der Waals surface area (Å²) in [6.45, 7) is 7.15. The molecule has 0 aliphatic carbocycles. The number of nitrogens with two attached hydrogens (primary N) is 1. The van der Waals surface area contributed by atoms with Gasteiger partial charge in [0.25, 0.3) is 0 Å². The Kier molecular flexibility index (Phi) is 11.5. The summed E-state index contributed by atoms with van der Waals surface area (Å²) in [7, 11) is 1.66. The van der Waals surface area contributed by atoms with Crippen LogP contribution >= 0.6 is 0 Å². The van der Waals surface area contributed by atoms with Crippen LogP contribution < -0.4 is 11.2 Å². The molecular weight excluding hydrogens is 395 g/mol. The van der Waals surface area contributed by atoms with Gasteiger partial charge in [0.05, 0.1) is 18.9 Å². The standard InChI is InChI=1S/C22H29FN4O2.C2H6/c1-15(2)22(29)26-20(12-23)21(28)19-10-8-18(9-11-19)17-6-4-16(5-7-17)13-27(24)14-25-3;1-2/h4-11,14-15,20-21,28H,12-13,24H2,1-3H3,(H,26,29);1-2H3. The van der Waals surface area contributed by atoms with Gasteiger partial charge in [0.1, 0.15) is 12.8 Å². The zero-order chi connectivity index (χ0) is 23.4. The molecule has 0 saturated carbocycles. The topological polar surface area (TPSA) is 90.9 Å². The Hall–Kier alpha value is -2.77. The number of hydrazine groups is 1. The monoisotopic (exact) mass is 430 g/mol. The van der Waals surface area contributed by atoms with Crippen LogP contribution in [0.1, 0.15) is 44.9 Å². The van der Waals surface area contributed by atoms with Gasteiger partial charge in [0.15, 0.2) is 0 Å². The molecule has 0 aliphatic rings. The number of aliphatic imine (C=N–C) groups is 1. The summed E-state index contributed by atoms with van der Waals surface area (Å²) >= 11 is 0. The molecule has 2 rings (SSSR count). The van der Waals surface area contributed by atoms with Crippen LogP contribution in [0.3, 0.4) is 0 Å². The Morgan fingerprint density at radius 2 is 1.65 bits per heavy atom. The second-order valence-electron chi connectivity index (χ2n) is 7.23. The molecule has 0 spiro atoms. The number of carbonyl (C=O) groups excluding carboxylic acids is 1. The number of benzene rings is 2. The summed E-state index contributed by atoms with van der Waals surface area (Å²) in [5.41, 5.74) is 3.58. The molecule has 6 nitrogen and oxygen atoms in total. The summed E-state index contributed by atoms with van der Waals surface area (Å²) in [6, 6.07) is 14.2. The third kappa shape index (κ3) is 8.11. The van der Waals surface area contributed by atoms with E-state index in [-0.39, 0.29) is 11.8 Å². The van der Waals surface area contributed by atoms with Crippen LogP contribution in [0.2, 0.25) is 0 Å². The van der Waals surface area contributed by atoms with Crippen molar-refractivity contribution in [2.75, 3.05) is 13.7 Å². The second kappa shape index (κ2) is 13.5. The predicted octanol–water partition coefficient (Wildman–Crippen LogP) is 3.86. The van der Waals surface area contributed by atoms with Gasteiger partial charge in [0, 0.05) is 13.0 Å². The van der Waals surface area contributed by atoms with E-state index in [9.17, 15) is 14.3 Å². The van der Waals surface area contributed by atoms with Crippen molar-refractivity contribution in [1.29, 1.82) is 0 Å². The van der Waals surface area contributed by atoms with Crippen molar-refractivity contribution in [3.8, 4) is 11.1 Å². The smallest absolute Gasteiger partial charge is 0.222 e. The van der Waals surface area contributed by atoms with E-state index in [1.54, 1.807) is 39.4 Å². The van der Waals surface area contributed by atoms with Crippen LogP contribution in [0.5, 0.6) is 0 Å². The Labute approximate surface area is 185 Å². The average Bonchev–Trinajstić information content (AvgIpc) is 2.79. The molecule has 170 valence electrons. The molecular formula is C24H35FN4O2. The number of carbonyl (C=O) groups is 1. The van der Waals surface area contributed by atoms with Crippen molar-refractivity contribution >= 4 is 12.2 Å². The minimum absolute atomic E-state index is 0.276. The molecule has 4 N–H and O–H groups in total. The number of amides is 1. The second-order valence-corrected chi connectivity index (χ2v) is 7.23. The highest BCUT2D eigenvalue weighted by atomic mass is 19.1. The van der Waals surface area contributed by atoms with E-state index in [4.69, 9.17) is 5.84 Å². The SMILES string of the molecule is CC.CN=CN(N)Cc1ccc(-c2ccc(C(O)C(CF)NC(=O)C(C)C)cc2)cc1. The van der Waals surface area contributed by atoms with Crippen LogP contribution in [0.25, 0.3) is 11.1 Å². The molecule has 31 heavy (non-hydrogen) atoms. The highest BCUT2D eigenvalue weighted by molar-refractivity contribution is 5.78. The summed E-state index contributed by atoms with van der Waals surface area (Å²) in [6.07, 6.45) is 0.446. The van der Waals surface area contributed by atoms with Gasteiger partial charge in [-0.2, -0.15) is 0 Å². The fraction of sp³-hybridized carbons (Fsp3) is 0.417. The zero-order valence-corrected chi connectivity index (χ0v) is 19.0. The molecule has 7 heteroatoms. The lowest BCUT2D eigenvalue weighted by atomic mass is 9.98. The maximum Gasteiger partial charge on any atom is 0.222 e. The van der Waals surface area contributed by atoms with Crippen molar-refractivity contribution in [2.24, 2.45) is 16.8 Å². The summed E-state index contributed by atoms with van der Waals surface area (Å²) in [5, 5.41) is 14.5. The van der Waals surface area contributed by atoms with E-state index < -0.39 is 18.8 Å². The zero-order valence-electron chi connectivity index (χ0n) is 19.0.